The molecule has 6 heteroatoms. The molecular weight excluding hydrogens is 266 g/mol. The zero-order chi connectivity index (χ0) is 14.8. The summed E-state index contributed by atoms with van der Waals surface area (Å²) in [5.74, 6) is 0. The Hall–Kier alpha value is -1.95. The Bertz CT molecular complexity index is 659. The van der Waals surface area contributed by atoms with Crippen molar-refractivity contribution in [1.29, 1.82) is 0 Å². The van der Waals surface area contributed by atoms with E-state index >= 15 is 0 Å². The maximum Gasteiger partial charge on any atom is 0.267 e. The van der Waals surface area contributed by atoms with E-state index in [1.54, 1.807) is 16.9 Å². The molecule has 1 aliphatic rings. The molecule has 3 rings (SSSR count). The Morgan fingerprint density at radius 1 is 1.33 bits per heavy atom. The zero-order valence-corrected chi connectivity index (χ0v) is 12.6. The lowest BCUT2D eigenvalue weighted by Gasteiger charge is -2.28. The summed E-state index contributed by atoms with van der Waals surface area (Å²) in [7, 11) is 0. The molecule has 0 N–H and O–H groups in total. The predicted octanol–water partition coefficient (Wildman–Crippen LogP) is 1.08. The van der Waals surface area contributed by atoms with Crippen LogP contribution in [0.4, 0.5) is 0 Å². The van der Waals surface area contributed by atoms with E-state index < -0.39 is 0 Å². The summed E-state index contributed by atoms with van der Waals surface area (Å²) in [6.07, 6.45) is 4.67. The Kier molecular flexibility index (Phi) is 3.88. The van der Waals surface area contributed by atoms with E-state index in [4.69, 9.17) is 0 Å². The van der Waals surface area contributed by atoms with Gasteiger partial charge in [0.1, 0.15) is 0 Å². The van der Waals surface area contributed by atoms with Crippen LogP contribution in [0.5, 0.6) is 0 Å². The molecule has 0 saturated carbocycles. The molecule has 112 valence electrons. The lowest BCUT2D eigenvalue weighted by atomic mass is 10.1. The standard InChI is InChI=1S/C15H21N5O/c1-12(2)20-15(21)10-13-11-18(7-4-14(13)17-20)8-9-19-6-3-5-16-19/h3,5-6,10,12H,4,7-9,11H2,1-2H3. The van der Waals surface area contributed by atoms with E-state index in [9.17, 15) is 4.79 Å². The second kappa shape index (κ2) is 5.81. The minimum atomic E-state index is -0.00215. The van der Waals surface area contributed by atoms with Crippen molar-refractivity contribution in [3.05, 3.63) is 46.1 Å². The summed E-state index contributed by atoms with van der Waals surface area (Å²) in [6.45, 7) is 7.57. The zero-order valence-electron chi connectivity index (χ0n) is 12.6. The van der Waals surface area contributed by atoms with Crippen molar-refractivity contribution in [2.45, 2.75) is 39.4 Å². The number of fused-ring (bicyclic) bond motifs is 1. The lowest BCUT2D eigenvalue weighted by molar-refractivity contribution is 0.235. The minimum absolute atomic E-state index is 0.00215. The van der Waals surface area contributed by atoms with Crippen LogP contribution in [-0.2, 0) is 19.5 Å². The monoisotopic (exact) mass is 287 g/mol. The topological polar surface area (TPSA) is 56.0 Å². The van der Waals surface area contributed by atoms with Gasteiger partial charge in [0.05, 0.1) is 18.3 Å². The summed E-state index contributed by atoms with van der Waals surface area (Å²) in [5, 5.41) is 8.73. The fourth-order valence-electron chi connectivity index (χ4n) is 2.71. The number of rotatable bonds is 4. The molecule has 3 heterocycles. The molecule has 1 aliphatic heterocycles. The van der Waals surface area contributed by atoms with Gasteiger partial charge in [-0.05, 0) is 25.5 Å². The van der Waals surface area contributed by atoms with Crippen molar-refractivity contribution < 1.29 is 0 Å². The van der Waals surface area contributed by atoms with Gasteiger partial charge < -0.3 is 0 Å². The maximum absolute atomic E-state index is 12.1. The first-order valence-electron chi connectivity index (χ1n) is 7.45. The Balaban J connectivity index is 1.70. The molecule has 6 nitrogen and oxygen atoms in total. The van der Waals surface area contributed by atoms with Crippen LogP contribution in [0.25, 0.3) is 0 Å². The van der Waals surface area contributed by atoms with Gasteiger partial charge in [0, 0.05) is 44.5 Å². The first-order valence-corrected chi connectivity index (χ1v) is 7.45. The quantitative estimate of drug-likeness (QED) is 0.844. The third-order valence-electron chi connectivity index (χ3n) is 3.88. The normalized spacial score (nSPS) is 15.4. The second-order valence-electron chi connectivity index (χ2n) is 5.79. The molecule has 0 atom stereocenters. The molecule has 0 fully saturated rings. The van der Waals surface area contributed by atoms with Gasteiger partial charge in [-0.15, -0.1) is 0 Å². The third kappa shape index (κ3) is 3.05. The number of hydrogen-bond donors (Lipinski definition) is 0. The van der Waals surface area contributed by atoms with Crippen LogP contribution < -0.4 is 5.56 Å². The van der Waals surface area contributed by atoms with E-state index in [-0.39, 0.29) is 11.6 Å². The Morgan fingerprint density at radius 2 is 2.19 bits per heavy atom. The molecule has 2 aromatic rings. The minimum Gasteiger partial charge on any atom is -0.297 e. The van der Waals surface area contributed by atoms with Crippen molar-refractivity contribution >= 4 is 0 Å². The highest BCUT2D eigenvalue weighted by molar-refractivity contribution is 5.20. The van der Waals surface area contributed by atoms with Gasteiger partial charge in [0.25, 0.3) is 5.56 Å². The SMILES string of the molecule is CC(C)n1nc2c(cc1=O)CN(CCn1cccn1)CC2. The summed E-state index contributed by atoms with van der Waals surface area (Å²) in [4.78, 5) is 14.4. The van der Waals surface area contributed by atoms with Crippen LogP contribution in [0, 0.1) is 0 Å². The van der Waals surface area contributed by atoms with E-state index in [2.05, 4.69) is 15.1 Å². The Morgan fingerprint density at radius 3 is 2.90 bits per heavy atom. The second-order valence-corrected chi connectivity index (χ2v) is 5.79. The summed E-state index contributed by atoms with van der Waals surface area (Å²) >= 11 is 0. The number of hydrogen-bond acceptors (Lipinski definition) is 4. The van der Waals surface area contributed by atoms with Crippen molar-refractivity contribution in [2.75, 3.05) is 13.1 Å². The smallest absolute Gasteiger partial charge is 0.267 e. The molecule has 0 spiro atoms. The van der Waals surface area contributed by atoms with E-state index in [0.717, 1.165) is 43.9 Å². The van der Waals surface area contributed by atoms with Crippen molar-refractivity contribution in [3.63, 3.8) is 0 Å². The molecule has 21 heavy (non-hydrogen) atoms. The van der Waals surface area contributed by atoms with Crippen LogP contribution in [-0.4, -0.2) is 37.6 Å². The van der Waals surface area contributed by atoms with Gasteiger partial charge in [-0.25, -0.2) is 4.68 Å². The maximum atomic E-state index is 12.1. The van der Waals surface area contributed by atoms with Gasteiger partial charge >= 0.3 is 0 Å². The molecule has 2 aromatic heterocycles. The van der Waals surface area contributed by atoms with Gasteiger partial charge in [-0.1, -0.05) is 0 Å². The lowest BCUT2D eigenvalue weighted by Crippen LogP contribution is -2.36. The third-order valence-corrected chi connectivity index (χ3v) is 3.88. The highest BCUT2D eigenvalue weighted by atomic mass is 16.1. The van der Waals surface area contributed by atoms with E-state index in [1.807, 2.05) is 30.8 Å². The first kappa shape index (κ1) is 14.0. The Labute approximate surface area is 124 Å². The molecule has 0 amide bonds. The van der Waals surface area contributed by atoms with Crippen molar-refractivity contribution in [1.82, 2.24) is 24.5 Å². The molecule has 0 saturated heterocycles. The predicted molar refractivity (Wildman–Crippen MR) is 80.1 cm³/mol. The molecular formula is C15H21N5O. The van der Waals surface area contributed by atoms with Gasteiger partial charge in [0.15, 0.2) is 0 Å². The molecule has 0 aromatic carbocycles. The van der Waals surface area contributed by atoms with E-state index in [0.29, 0.717) is 0 Å². The van der Waals surface area contributed by atoms with Crippen LogP contribution >= 0.6 is 0 Å². The van der Waals surface area contributed by atoms with Gasteiger partial charge in [-0.3, -0.25) is 14.4 Å². The summed E-state index contributed by atoms with van der Waals surface area (Å²) < 4.78 is 3.52. The summed E-state index contributed by atoms with van der Waals surface area (Å²) in [6, 6.07) is 3.80. The van der Waals surface area contributed by atoms with Crippen LogP contribution in [0.2, 0.25) is 0 Å². The van der Waals surface area contributed by atoms with Gasteiger partial charge in [-0.2, -0.15) is 10.2 Å². The van der Waals surface area contributed by atoms with E-state index in [1.165, 1.54) is 0 Å². The van der Waals surface area contributed by atoms with Crippen molar-refractivity contribution in [2.24, 2.45) is 0 Å². The highest BCUT2D eigenvalue weighted by Gasteiger charge is 2.19. The highest BCUT2D eigenvalue weighted by Crippen LogP contribution is 2.15. The number of nitrogens with zero attached hydrogens (tertiary/aromatic N) is 5. The van der Waals surface area contributed by atoms with Crippen molar-refractivity contribution in [3.8, 4) is 0 Å². The van der Waals surface area contributed by atoms with Crippen LogP contribution in [0.15, 0.2) is 29.3 Å². The largest absolute Gasteiger partial charge is 0.297 e. The molecule has 0 unspecified atom stereocenters. The number of aromatic nitrogens is 4. The fraction of sp³-hybridized carbons (Fsp3) is 0.533. The first-order chi connectivity index (χ1) is 10.1. The molecule has 0 aliphatic carbocycles. The average molecular weight is 287 g/mol. The van der Waals surface area contributed by atoms with Crippen LogP contribution in [0.3, 0.4) is 0 Å². The van der Waals surface area contributed by atoms with Gasteiger partial charge in [0.2, 0.25) is 0 Å². The fourth-order valence-corrected chi connectivity index (χ4v) is 2.71. The molecule has 0 radical (unpaired) electrons. The summed E-state index contributed by atoms with van der Waals surface area (Å²) in [5.41, 5.74) is 2.14. The molecule has 0 bridgehead atoms. The van der Waals surface area contributed by atoms with Crippen LogP contribution in [0.1, 0.15) is 31.1 Å². The average Bonchev–Trinajstić information content (AvgIpc) is 2.97.